The molecule has 1 atom stereocenters. The zero-order chi connectivity index (χ0) is 18.1. The molecule has 0 amide bonds. The molecule has 4 rings (SSSR count). The van der Waals surface area contributed by atoms with E-state index in [1.165, 1.54) is 20.7 Å². The summed E-state index contributed by atoms with van der Waals surface area (Å²) in [5.74, 6) is 0. The second-order valence-electron chi connectivity index (χ2n) is 6.53. The summed E-state index contributed by atoms with van der Waals surface area (Å²) >= 11 is 3.47. The van der Waals surface area contributed by atoms with Gasteiger partial charge in [0.25, 0.3) is 0 Å². The standard InChI is InChI=1S/C19H23N3O2S2/c1-12(23)20-18-17(19-21-14-5-3-4-6-15(14)25-19)13-7-8-22(9-10-24-2)11-16(13)26-18/h3-6,12,20,23H,7-11H2,1-2H3. The predicted molar refractivity (Wildman–Crippen MR) is 109 cm³/mol. The number of fused-ring (bicyclic) bond motifs is 2. The maximum atomic E-state index is 9.90. The normalized spacial score (nSPS) is 16.0. The maximum absolute atomic E-state index is 9.90. The average molecular weight is 390 g/mol. The minimum absolute atomic E-state index is 0.590. The SMILES string of the molecule is COCCN1CCc2c(sc(NC(C)O)c2-c2nc3ccccc3s2)C1. The van der Waals surface area contributed by atoms with Gasteiger partial charge in [0.1, 0.15) is 16.2 Å². The molecule has 0 spiro atoms. The van der Waals surface area contributed by atoms with Crippen molar-refractivity contribution in [3.05, 3.63) is 34.7 Å². The van der Waals surface area contributed by atoms with Crippen LogP contribution in [0.2, 0.25) is 0 Å². The highest BCUT2D eigenvalue weighted by Gasteiger charge is 2.27. The van der Waals surface area contributed by atoms with Gasteiger partial charge in [-0.1, -0.05) is 12.1 Å². The van der Waals surface area contributed by atoms with E-state index in [0.29, 0.717) is 0 Å². The second-order valence-corrected chi connectivity index (χ2v) is 8.67. The topological polar surface area (TPSA) is 57.6 Å². The number of para-hydroxylation sites is 1. The minimum Gasteiger partial charge on any atom is -0.383 e. The Hall–Kier alpha value is -1.51. The van der Waals surface area contributed by atoms with E-state index in [9.17, 15) is 5.11 Å². The first-order valence-corrected chi connectivity index (χ1v) is 10.5. The summed E-state index contributed by atoms with van der Waals surface area (Å²) in [5.41, 5.74) is 3.59. The van der Waals surface area contributed by atoms with E-state index in [-0.39, 0.29) is 0 Å². The molecule has 7 heteroatoms. The van der Waals surface area contributed by atoms with Crippen LogP contribution in [0.1, 0.15) is 17.4 Å². The lowest BCUT2D eigenvalue weighted by Crippen LogP contribution is -2.32. The van der Waals surface area contributed by atoms with Crippen LogP contribution in [0.25, 0.3) is 20.8 Å². The van der Waals surface area contributed by atoms with Gasteiger partial charge >= 0.3 is 0 Å². The summed E-state index contributed by atoms with van der Waals surface area (Å²) in [6.45, 7) is 5.42. The van der Waals surface area contributed by atoms with E-state index in [2.05, 4.69) is 28.4 Å². The Morgan fingerprint density at radius 2 is 2.19 bits per heavy atom. The fourth-order valence-electron chi connectivity index (χ4n) is 3.36. The Morgan fingerprint density at radius 1 is 1.35 bits per heavy atom. The van der Waals surface area contributed by atoms with Crippen LogP contribution in [0.5, 0.6) is 0 Å². The highest BCUT2D eigenvalue weighted by Crippen LogP contribution is 2.45. The van der Waals surface area contributed by atoms with Gasteiger partial charge in [0.05, 0.1) is 16.8 Å². The van der Waals surface area contributed by atoms with E-state index in [1.807, 2.05) is 6.07 Å². The first kappa shape index (κ1) is 17.9. The predicted octanol–water partition coefficient (Wildman–Crippen LogP) is 3.78. The molecule has 0 fully saturated rings. The summed E-state index contributed by atoms with van der Waals surface area (Å²) in [6.07, 6.45) is 0.412. The lowest BCUT2D eigenvalue weighted by Gasteiger charge is -2.26. The van der Waals surface area contributed by atoms with Crippen molar-refractivity contribution in [1.82, 2.24) is 9.88 Å². The van der Waals surface area contributed by atoms with Crippen LogP contribution in [0.4, 0.5) is 5.00 Å². The molecule has 5 nitrogen and oxygen atoms in total. The number of hydrogen-bond donors (Lipinski definition) is 2. The summed E-state index contributed by atoms with van der Waals surface area (Å²) in [7, 11) is 1.75. The second kappa shape index (κ2) is 7.62. The van der Waals surface area contributed by atoms with Crippen molar-refractivity contribution >= 4 is 37.9 Å². The molecule has 138 valence electrons. The Bertz CT molecular complexity index is 870. The van der Waals surface area contributed by atoms with Gasteiger partial charge < -0.3 is 15.2 Å². The number of rotatable bonds is 6. The minimum atomic E-state index is -0.590. The molecule has 3 heterocycles. The van der Waals surface area contributed by atoms with E-state index in [4.69, 9.17) is 9.72 Å². The zero-order valence-electron chi connectivity index (χ0n) is 15.0. The number of aliphatic hydroxyl groups excluding tert-OH is 1. The largest absolute Gasteiger partial charge is 0.383 e. The molecule has 26 heavy (non-hydrogen) atoms. The average Bonchev–Trinajstić information content (AvgIpc) is 3.19. The number of aliphatic hydroxyl groups is 1. The van der Waals surface area contributed by atoms with Crippen LogP contribution in [0.3, 0.4) is 0 Å². The molecule has 0 radical (unpaired) electrons. The van der Waals surface area contributed by atoms with Crippen LogP contribution in [0.15, 0.2) is 24.3 Å². The Morgan fingerprint density at radius 3 is 2.96 bits per heavy atom. The van der Waals surface area contributed by atoms with Crippen LogP contribution >= 0.6 is 22.7 Å². The van der Waals surface area contributed by atoms with Crippen molar-refractivity contribution in [3.63, 3.8) is 0 Å². The van der Waals surface area contributed by atoms with Gasteiger partial charge in [0.15, 0.2) is 0 Å². The van der Waals surface area contributed by atoms with Crippen molar-refractivity contribution in [3.8, 4) is 10.6 Å². The number of hydrogen-bond acceptors (Lipinski definition) is 7. The van der Waals surface area contributed by atoms with Crippen molar-refractivity contribution in [2.24, 2.45) is 0 Å². The number of aromatic nitrogens is 1. The van der Waals surface area contributed by atoms with Gasteiger partial charge in [0.2, 0.25) is 0 Å². The molecule has 0 bridgehead atoms. The number of methoxy groups -OCH3 is 1. The lowest BCUT2D eigenvalue weighted by molar-refractivity contribution is 0.141. The zero-order valence-corrected chi connectivity index (χ0v) is 16.6. The third-order valence-corrected chi connectivity index (χ3v) is 6.80. The number of thiazole rings is 1. The molecule has 1 aliphatic heterocycles. The Kier molecular flexibility index (Phi) is 5.24. The fourth-order valence-corrected chi connectivity index (χ4v) is 5.85. The molecule has 1 aliphatic rings. The Labute approximate surface area is 161 Å². The number of thiophene rings is 1. The van der Waals surface area contributed by atoms with Gasteiger partial charge in [-0.2, -0.15) is 0 Å². The highest BCUT2D eigenvalue weighted by atomic mass is 32.1. The highest BCUT2D eigenvalue weighted by molar-refractivity contribution is 7.22. The van der Waals surface area contributed by atoms with Gasteiger partial charge in [0, 0.05) is 37.2 Å². The summed E-state index contributed by atoms with van der Waals surface area (Å²) in [5, 5.41) is 15.2. The van der Waals surface area contributed by atoms with Gasteiger partial charge in [-0.3, -0.25) is 4.90 Å². The number of anilines is 1. The molecule has 1 unspecified atom stereocenters. The lowest BCUT2D eigenvalue weighted by atomic mass is 10.0. The quantitative estimate of drug-likeness (QED) is 0.629. The van der Waals surface area contributed by atoms with Crippen LogP contribution < -0.4 is 5.32 Å². The molecule has 0 saturated heterocycles. The molecular weight excluding hydrogens is 366 g/mol. The molecule has 2 aromatic heterocycles. The molecule has 0 saturated carbocycles. The van der Waals surface area contributed by atoms with Gasteiger partial charge in [-0.15, -0.1) is 22.7 Å². The van der Waals surface area contributed by atoms with Crippen LogP contribution in [-0.4, -0.2) is 48.0 Å². The smallest absolute Gasteiger partial charge is 0.127 e. The van der Waals surface area contributed by atoms with Crippen LogP contribution in [-0.2, 0) is 17.7 Å². The maximum Gasteiger partial charge on any atom is 0.127 e. The first-order chi connectivity index (χ1) is 12.7. The monoisotopic (exact) mass is 389 g/mol. The number of nitrogens with zero attached hydrogens (tertiary/aromatic N) is 2. The molecule has 3 aromatic rings. The van der Waals surface area contributed by atoms with Crippen molar-refractivity contribution in [1.29, 1.82) is 0 Å². The van der Waals surface area contributed by atoms with Crippen molar-refractivity contribution in [2.75, 3.05) is 32.1 Å². The van der Waals surface area contributed by atoms with E-state index >= 15 is 0 Å². The molecule has 0 aliphatic carbocycles. The third-order valence-electron chi connectivity index (χ3n) is 4.60. The van der Waals surface area contributed by atoms with Crippen LogP contribution in [0, 0.1) is 0 Å². The Balaban J connectivity index is 1.74. The summed E-state index contributed by atoms with van der Waals surface area (Å²) < 4.78 is 6.42. The van der Waals surface area contributed by atoms with E-state index in [0.717, 1.165) is 48.2 Å². The number of nitrogens with one attached hydrogen (secondary N) is 1. The molecule has 2 N–H and O–H groups in total. The van der Waals surface area contributed by atoms with E-state index < -0.39 is 6.23 Å². The fraction of sp³-hybridized carbons (Fsp3) is 0.421. The van der Waals surface area contributed by atoms with Gasteiger partial charge in [-0.25, -0.2) is 4.98 Å². The summed E-state index contributed by atoms with van der Waals surface area (Å²) in [6, 6.07) is 8.25. The van der Waals surface area contributed by atoms with E-state index in [1.54, 1.807) is 36.7 Å². The number of benzene rings is 1. The van der Waals surface area contributed by atoms with Crippen molar-refractivity contribution < 1.29 is 9.84 Å². The number of ether oxygens (including phenoxy) is 1. The molecule has 1 aromatic carbocycles. The third kappa shape index (κ3) is 3.50. The first-order valence-electron chi connectivity index (χ1n) is 8.82. The van der Waals surface area contributed by atoms with Gasteiger partial charge in [-0.05, 0) is 31.0 Å². The van der Waals surface area contributed by atoms with Crippen molar-refractivity contribution in [2.45, 2.75) is 26.1 Å². The molecular formula is C19H23N3O2S2. The summed E-state index contributed by atoms with van der Waals surface area (Å²) in [4.78, 5) is 8.66.